The highest BCUT2D eigenvalue weighted by Gasteiger charge is 2.28. The molecule has 2 aliphatic rings. The van der Waals surface area contributed by atoms with Crippen molar-refractivity contribution in [2.45, 2.75) is 32.2 Å². The molecule has 0 radical (unpaired) electrons. The van der Waals surface area contributed by atoms with Crippen molar-refractivity contribution < 1.29 is 0 Å². The number of hydrogen-bond donors (Lipinski definition) is 1. The SMILES string of the molecule is Cc1ccc(N2CCCN3CCCC3C2)cc1N. The van der Waals surface area contributed by atoms with E-state index in [-0.39, 0.29) is 0 Å². The van der Waals surface area contributed by atoms with Crippen LogP contribution in [-0.2, 0) is 0 Å². The maximum Gasteiger partial charge on any atom is 0.0387 e. The highest BCUT2D eigenvalue weighted by atomic mass is 15.3. The van der Waals surface area contributed by atoms with Crippen LogP contribution in [0.1, 0.15) is 24.8 Å². The molecule has 1 unspecified atom stereocenters. The number of hydrogen-bond acceptors (Lipinski definition) is 3. The van der Waals surface area contributed by atoms with Crippen molar-refractivity contribution in [2.24, 2.45) is 0 Å². The van der Waals surface area contributed by atoms with E-state index in [0.29, 0.717) is 0 Å². The molecule has 2 aliphatic heterocycles. The van der Waals surface area contributed by atoms with Crippen molar-refractivity contribution in [2.75, 3.05) is 36.8 Å². The Balaban J connectivity index is 1.80. The van der Waals surface area contributed by atoms with Gasteiger partial charge in [0.1, 0.15) is 0 Å². The summed E-state index contributed by atoms with van der Waals surface area (Å²) in [7, 11) is 0. The average Bonchev–Trinajstić information content (AvgIpc) is 2.70. The van der Waals surface area contributed by atoms with Gasteiger partial charge in [0.05, 0.1) is 0 Å². The van der Waals surface area contributed by atoms with Gasteiger partial charge in [0.15, 0.2) is 0 Å². The van der Waals surface area contributed by atoms with Gasteiger partial charge in [-0.15, -0.1) is 0 Å². The normalized spacial score (nSPS) is 24.9. The monoisotopic (exact) mass is 245 g/mol. The van der Waals surface area contributed by atoms with E-state index in [1.807, 2.05) is 0 Å². The fourth-order valence-corrected chi connectivity index (χ4v) is 3.27. The topological polar surface area (TPSA) is 32.5 Å². The van der Waals surface area contributed by atoms with Gasteiger partial charge in [0.2, 0.25) is 0 Å². The molecule has 0 spiro atoms. The van der Waals surface area contributed by atoms with E-state index < -0.39 is 0 Å². The molecule has 2 N–H and O–H groups in total. The standard InChI is InChI=1S/C15H23N3/c1-12-5-6-13(10-15(12)16)18-9-3-8-17-7-2-4-14(17)11-18/h5-6,10,14H,2-4,7-9,11,16H2,1H3. The Bertz CT molecular complexity index is 430. The molecule has 0 aromatic heterocycles. The van der Waals surface area contributed by atoms with Crippen LogP contribution < -0.4 is 10.6 Å². The van der Waals surface area contributed by atoms with Gasteiger partial charge >= 0.3 is 0 Å². The lowest BCUT2D eigenvalue weighted by Gasteiger charge is -2.27. The van der Waals surface area contributed by atoms with Crippen LogP contribution in [-0.4, -0.2) is 37.1 Å². The molecule has 1 atom stereocenters. The number of nitrogens with zero attached hydrogens (tertiary/aromatic N) is 2. The van der Waals surface area contributed by atoms with E-state index in [9.17, 15) is 0 Å². The summed E-state index contributed by atoms with van der Waals surface area (Å²) < 4.78 is 0. The maximum atomic E-state index is 6.04. The lowest BCUT2D eigenvalue weighted by atomic mass is 10.1. The van der Waals surface area contributed by atoms with Crippen LogP contribution in [0.5, 0.6) is 0 Å². The van der Waals surface area contributed by atoms with Crippen molar-refractivity contribution in [1.29, 1.82) is 0 Å². The second-order valence-corrected chi connectivity index (χ2v) is 5.67. The molecule has 0 amide bonds. The van der Waals surface area contributed by atoms with Crippen LogP contribution in [0, 0.1) is 6.92 Å². The zero-order valence-corrected chi connectivity index (χ0v) is 11.2. The number of nitrogens with two attached hydrogens (primary N) is 1. The van der Waals surface area contributed by atoms with Crippen molar-refractivity contribution in [3.63, 3.8) is 0 Å². The summed E-state index contributed by atoms with van der Waals surface area (Å²) in [6, 6.07) is 7.26. The molecule has 98 valence electrons. The quantitative estimate of drug-likeness (QED) is 0.770. The number of nitrogen functional groups attached to an aromatic ring is 1. The third-order valence-electron chi connectivity index (χ3n) is 4.43. The third-order valence-corrected chi connectivity index (χ3v) is 4.43. The zero-order chi connectivity index (χ0) is 12.5. The van der Waals surface area contributed by atoms with Crippen LogP contribution in [0.15, 0.2) is 18.2 Å². The second kappa shape index (κ2) is 4.81. The summed E-state index contributed by atoms with van der Waals surface area (Å²) in [5.41, 5.74) is 9.43. The predicted molar refractivity (Wildman–Crippen MR) is 77.0 cm³/mol. The second-order valence-electron chi connectivity index (χ2n) is 5.67. The van der Waals surface area contributed by atoms with Crippen molar-refractivity contribution in [3.8, 4) is 0 Å². The first kappa shape index (κ1) is 11.8. The van der Waals surface area contributed by atoms with Gasteiger partial charge in [-0.3, -0.25) is 4.90 Å². The summed E-state index contributed by atoms with van der Waals surface area (Å²) in [5.74, 6) is 0. The Morgan fingerprint density at radius 1 is 1.17 bits per heavy atom. The number of benzene rings is 1. The van der Waals surface area contributed by atoms with Crippen LogP contribution >= 0.6 is 0 Å². The Labute approximate surface area is 110 Å². The first-order valence-electron chi connectivity index (χ1n) is 7.09. The van der Waals surface area contributed by atoms with Crippen LogP contribution in [0.3, 0.4) is 0 Å². The molecule has 2 saturated heterocycles. The average molecular weight is 245 g/mol. The van der Waals surface area contributed by atoms with E-state index in [1.54, 1.807) is 0 Å². The lowest BCUT2D eigenvalue weighted by molar-refractivity contribution is 0.273. The molecule has 3 rings (SSSR count). The Morgan fingerprint density at radius 3 is 2.83 bits per heavy atom. The molecule has 1 aromatic carbocycles. The maximum absolute atomic E-state index is 6.04. The number of rotatable bonds is 1. The van der Waals surface area contributed by atoms with Crippen LogP contribution in [0.4, 0.5) is 11.4 Å². The summed E-state index contributed by atoms with van der Waals surface area (Å²) in [6.07, 6.45) is 4.00. The fraction of sp³-hybridized carbons (Fsp3) is 0.600. The first-order valence-corrected chi connectivity index (χ1v) is 7.09. The van der Waals surface area contributed by atoms with Gasteiger partial charge in [-0.25, -0.2) is 0 Å². The molecule has 3 heteroatoms. The highest BCUT2D eigenvalue weighted by molar-refractivity contribution is 5.59. The predicted octanol–water partition coefficient (Wildman–Crippen LogP) is 2.25. The van der Waals surface area contributed by atoms with Gasteiger partial charge in [0, 0.05) is 37.1 Å². The van der Waals surface area contributed by atoms with Gasteiger partial charge in [0.25, 0.3) is 0 Å². The molecule has 2 heterocycles. The lowest BCUT2D eigenvalue weighted by Crippen LogP contribution is -2.36. The van der Waals surface area contributed by atoms with Crippen molar-refractivity contribution >= 4 is 11.4 Å². The molecular formula is C15H23N3. The number of fused-ring (bicyclic) bond motifs is 1. The largest absolute Gasteiger partial charge is 0.398 e. The summed E-state index contributed by atoms with van der Waals surface area (Å²) in [6.45, 7) is 6.97. The number of aryl methyl sites for hydroxylation is 1. The fourth-order valence-electron chi connectivity index (χ4n) is 3.27. The summed E-state index contributed by atoms with van der Waals surface area (Å²) in [5, 5.41) is 0. The minimum atomic E-state index is 0.759. The molecular weight excluding hydrogens is 222 g/mol. The molecule has 18 heavy (non-hydrogen) atoms. The van der Waals surface area contributed by atoms with Crippen LogP contribution in [0.25, 0.3) is 0 Å². The Hall–Kier alpha value is -1.22. The van der Waals surface area contributed by atoms with Gasteiger partial charge in [-0.05, 0) is 50.4 Å². The molecule has 0 bridgehead atoms. The Morgan fingerprint density at radius 2 is 2.00 bits per heavy atom. The van der Waals surface area contributed by atoms with Crippen molar-refractivity contribution in [3.05, 3.63) is 23.8 Å². The molecule has 2 fully saturated rings. The van der Waals surface area contributed by atoms with E-state index in [1.165, 1.54) is 50.1 Å². The van der Waals surface area contributed by atoms with Crippen LogP contribution in [0.2, 0.25) is 0 Å². The van der Waals surface area contributed by atoms with Gasteiger partial charge in [-0.2, -0.15) is 0 Å². The van der Waals surface area contributed by atoms with Crippen molar-refractivity contribution in [1.82, 2.24) is 4.90 Å². The number of anilines is 2. The summed E-state index contributed by atoms with van der Waals surface area (Å²) in [4.78, 5) is 5.18. The zero-order valence-electron chi connectivity index (χ0n) is 11.2. The molecule has 1 aromatic rings. The molecule has 0 saturated carbocycles. The Kier molecular flexibility index (Phi) is 3.16. The minimum absolute atomic E-state index is 0.759. The van der Waals surface area contributed by atoms with E-state index in [4.69, 9.17) is 5.73 Å². The highest BCUT2D eigenvalue weighted by Crippen LogP contribution is 2.26. The molecule has 0 aliphatic carbocycles. The summed E-state index contributed by atoms with van der Waals surface area (Å²) >= 11 is 0. The van der Waals surface area contributed by atoms with E-state index in [2.05, 4.69) is 34.9 Å². The first-order chi connectivity index (χ1) is 8.74. The molecule has 3 nitrogen and oxygen atoms in total. The third kappa shape index (κ3) is 2.19. The van der Waals surface area contributed by atoms with Gasteiger partial charge < -0.3 is 10.6 Å². The van der Waals surface area contributed by atoms with Gasteiger partial charge in [-0.1, -0.05) is 6.07 Å². The van der Waals surface area contributed by atoms with E-state index >= 15 is 0 Å². The smallest absolute Gasteiger partial charge is 0.0387 e. The minimum Gasteiger partial charge on any atom is -0.398 e. The van der Waals surface area contributed by atoms with E-state index in [0.717, 1.165) is 18.3 Å².